The number of rotatable bonds is 8. The SMILES string of the molecule is CCN1CCN(C(=O)c2cc(NCCBr)c(S(=O)(=O)CC)cc2[N+](=O)[O-])CC1. The summed E-state index contributed by atoms with van der Waals surface area (Å²) in [6.45, 7) is 7.16. The van der Waals surface area contributed by atoms with Crippen molar-refractivity contribution in [3.8, 4) is 0 Å². The number of benzene rings is 1. The van der Waals surface area contributed by atoms with Crippen LogP contribution in [0.25, 0.3) is 0 Å². The molecule has 0 spiro atoms. The molecule has 1 aromatic rings. The van der Waals surface area contributed by atoms with Crippen molar-refractivity contribution in [2.45, 2.75) is 18.7 Å². The number of likely N-dealkylation sites (N-methyl/N-ethyl adjacent to an activating group) is 1. The molecular formula is C17H25BrN4O5S. The molecule has 156 valence electrons. The number of halogens is 1. The van der Waals surface area contributed by atoms with Gasteiger partial charge in [-0.25, -0.2) is 8.42 Å². The summed E-state index contributed by atoms with van der Waals surface area (Å²) in [4.78, 5) is 27.5. The minimum Gasteiger partial charge on any atom is -0.383 e. The molecule has 0 unspecified atom stereocenters. The molecule has 2 rings (SSSR count). The van der Waals surface area contributed by atoms with E-state index in [2.05, 4.69) is 26.1 Å². The molecule has 1 amide bonds. The van der Waals surface area contributed by atoms with Crippen molar-refractivity contribution < 1.29 is 18.1 Å². The number of nitro benzene ring substituents is 1. The van der Waals surface area contributed by atoms with Crippen molar-refractivity contribution in [1.29, 1.82) is 0 Å². The Morgan fingerprint density at radius 1 is 1.25 bits per heavy atom. The van der Waals surface area contributed by atoms with Gasteiger partial charge in [-0.2, -0.15) is 0 Å². The summed E-state index contributed by atoms with van der Waals surface area (Å²) in [7, 11) is -3.71. The van der Waals surface area contributed by atoms with E-state index in [-0.39, 0.29) is 21.9 Å². The van der Waals surface area contributed by atoms with Crippen LogP contribution >= 0.6 is 15.9 Å². The summed E-state index contributed by atoms with van der Waals surface area (Å²) in [6.07, 6.45) is 0. The van der Waals surface area contributed by atoms with Crippen LogP contribution in [0, 0.1) is 10.1 Å². The molecule has 0 bridgehead atoms. The van der Waals surface area contributed by atoms with Gasteiger partial charge < -0.3 is 15.1 Å². The second-order valence-corrected chi connectivity index (χ2v) is 9.41. The van der Waals surface area contributed by atoms with Crippen LogP contribution in [0.4, 0.5) is 11.4 Å². The predicted molar refractivity (Wildman–Crippen MR) is 111 cm³/mol. The van der Waals surface area contributed by atoms with Gasteiger partial charge in [0.15, 0.2) is 9.84 Å². The van der Waals surface area contributed by atoms with Gasteiger partial charge in [-0.05, 0) is 12.6 Å². The molecule has 0 radical (unpaired) electrons. The van der Waals surface area contributed by atoms with E-state index in [4.69, 9.17) is 0 Å². The first-order chi connectivity index (χ1) is 13.2. The number of hydrogen-bond donors (Lipinski definition) is 1. The summed E-state index contributed by atoms with van der Waals surface area (Å²) < 4.78 is 24.9. The van der Waals surface area contributed by atoms with Gasteiger partial charge in [0, 0.05) is 44.1 Å². The van der Waals surface area contributed by atoms with Gasteiger partial charge in [-0.15, -0.1) is 0 Å². The van der Waals surface area contributed by atoms with E-state index in [0.29, 0.717) is 38.1 Å². The topological polar surface area (TPSA) is 113 Å². The third kappa shape index (κ3) is 5.00. The first-order valence-electron chi connectivity index (χ1n) is 9.11. The number of nitrogens with one attached hydrogen (secondary N) is 1. The largest absolute Gasteiger partial charge is 0.383 e. The zero-order chi connectivity index (χ0) is 20.9. The van der Waals surface area contributed by atoms with Gasteiger partial charge >= 0.3 is 0 Å². The fraction of sp³-hybridized carbons (Fsp3) is 0.588. The average molecular weight is 477 g/mol. The highest BCUT2D eigenvalue weighted by Crippen LogP contribution is 2.32. The zero-order valence-electron chi connectivity index (χ0n) is 16.0. The number of alkyl halides is 1. The van der Waals surface area contributed by atoms with Crippen LogP contribution in [0.15, 0.2) is 17.0 Å². The Morgan fingerprint density at radius 3 is 2.39 bits per heavy atom. The molecule has 1 saturated heterocycles. The summed E-state index contributed by atoms with van der Waals surface area (Å²) >= 11 is 3.26. The van der Waals surface area contributed by atoms with Gasteiger partial charge in [0.1, 0.15) is 5.56 Å². The van der Waals surface area contributed by atoms with Gasteiger partial charge in [-0.3, -0.25) is 14.9 Å². The smallest absolute Gasteiger partial charge is 0.283 e. The first kappa shape index (κ1) is 22.6. The fourth-order valence-corrected chi connectivity index (χ4v) is 4.33. The standard InChI is InChI=1S/C17H25BrN4O5S/c1-3-20-7-9-21(10-8-20)17(23)13-11-14(19-6-5-18)16(28(26,27)4-2)12-15(13)22(24)25/h11-12,19H,3-10H2,1-2H3. The van der Waals surface area contributed by atoms with E-state index in [1.165, 1.54) is 13.0 Å². The van der Waals surface area contributed by atoms with Crippen LogP contribution in [0.1, 0.15) is 24.2 Å². The Bertz CT molecular complexity index is 838. The van der Waals surface area contributed by atoms with Crippen molar-refractivity contribution in [3.05, 3.63) is 27.8 Å². The third-order valence-corrected chi connectivity index (χ3v) is 6.92. The molecule has 9 nitrogen and oxygen atoms in total. The molecule has 1 fully saturated rings. The Morgan fingerprint density at radius 2 is 1.89 bits per heavy atom. The Balaban J connectivity index is 2.50. The van der Waals surface area contributed by atoms with E-state index in [9.17, 15) is 23.3 Å². The van der Waals surface area contributed by atoms with Gasteiger partial charge in [0.25, 0.3) is 11.6 Å². The first-order valence-corrected chi connectivity index (χ1v) is 11.9. The van der Waals surface area contributed by atoms with Crippen molar-refractivity contribution in [2.75, 3.05) is 55.7 Å². The maximum absolute atomic E-state index is 13.0. The monoisotopic (exact) mass is 476 g/mol. The van der Waals surface area contributed by atoms with Crippen molar-refractivity contribution in [2.24, 2.45) is 0 Å². The number of anilines is 1. The lowest BCUT2D eigenvalue weighted by Crippen LogP contribution is -2.48. The molecule has 1 aromatic carbocycles. The minimum atomic E-state index is -3.71. The lowest BCUT2D eigenvalue weighted by molar-refractivity contribution is -0.385. The molecule has 1 aliphatic rings. The second kappa shape index (κ2) is 9.66. The number of nitrogens with zero attached hydrogens (tertiary/aromatic N) is 3. The highest BCUT2D eigenvalue weighted by molar-refractivity contribution is 9.09. The number of sulfone groups is 1. The molecule has 11 heteroatoms. The maximum Gasteiger partial charge on any atom is 0.283 e. The van der Waals surface area contributed by atoms with Crippen LogP contribution in [0.2, 0.25) is 0 Å². The Labute approximate surface area is 173 Å². The third-order valence-electron chi connectivity index (χ3n) is 4.76. The van der Waals surface area contributed by atoms with Crippen LogP contribution in [-0.4, -0.2) is 79.4 Å². The van der Waals surface area contributed by atoms with Gasteiger partial charge in [0.05, 0.1) is 21.3 Å². The highest BCUT2D eigenvalue weighted by atomic mass is 79.9. The average Bonchev–Trinajstić information content (AvgIpc) is 2.70. The van der Waals surface area contributed by atoms with E-state index < -0.39 is 26.4 Å². The van der Waals surface area contributed by atoms with Crippen LogP contribution < -0.4 is 5.32 Å². The van der Waals surface area contributed by atoms with Crippen LogP contribution in [0.5, 0.6) is 0 Å². The van der Waals surface area contributed by atoms with Crippen molar-refractivity contribution in [1.82, 2.24) is 9.80 Å². The van der Waals surface area contributed by atoms with Crippen molar-refractivity contribution in [3.63, 3.8) is 0 Å². The summed E-state index contributed by atoms with van der Waals surface area (Å²) in [6, 6.07) is 2.31. The molecule has 1 heterocycles. The van der Waals surface area contributed by atoms with E-state index in [1.54, 1.807) is 4.90 Å². The number of carbonyl (C=O) groups is 1. The second-order valence-electron chi connectivity index (χ2n) is 6.37. The highest BCUT2D eigenvalue weighted by Gasteiger charge is 2.31. The summed E-state index contributed by atoms with van der Waals surface area (Å²) in [5.74, 6) is -0.649. The van der Waals surface area contributed by atoms with Crippen molar-refractivity contribution >= 4 is 43.0 Å². The quantitative estimate of drug-likeness (QED) is 0.346. The number of hydrogen-bond acceptors (Lipinski definition) is 7. The summed E-state index contributed by atoms with van der Waals surface area (Å²) in [5, 5.41) is 15.1. The molecule has 28 heavy (non-hydrogen) atoms. The van der Waals surface area contributed by atoms with Crippen LogP contribution in [0.3, 0.4) is 0 Å². The number of amides is 1. The lowest BCUT2D eigenvalue weighted by Gasteiger charge is -2.34. The molecule has 0 saturated carbocycles. The fourth-order valence-electron chi connectivity index (χ4n) is 3.06. The lowest BCUT2D eigenvalue weighted by atomic mass is 10.1. The molecule has 0 atom stereocenters. The molecular weight excluding hydrogens is 452 g/mol. The Hall–Kier alpha value is -1.72. The normalized spacial score (nSPS) is 15.5. The number of nitro groups is 1. The zero-order valence-corrected chi connectivity index (χ0v) is 18.4. The number of piperazine rings is 1. The molecule has 0 aromatic heterocycles. The van der Waals surface area contributed by atoms with E-state index >= 15 is 0 Å². The molecule has 0 aliphatic carbocycles. The van der Waals surface area contributed by atoms with E-state index in [0.717, 1.165) is 12.6 Å². The Kier molecular flexibility index (Phi) is 7.79. The maximum atomic E-state index is 13.0. The van der Waals surface area contributed by atoms with E-state index in [1.807, 2.05) is 6.92 Å². The molecule has 1 N–H and O–H groups in total. The van der Waals surface area contributed by atoms with Gasteiger partial charge in [-0.1, -0.05) is 29.8 Å². The number of carbonyl (C=O) groups excluding carboxylic acids is 1. The van der Waals surface area contributed by atoms with Gasteiger partial charge in [0.2, 0.25) is 0 Å². The minimum absolute atomic E-state index is 0.0953. The molecule has 1 aliphatic heterocycles. The predicted octanol–water partition coefficient (Wildman–Crippen LogP) is 1.97. The summed E-state index contributed by atoms with van der Waals surface area (Å²) in [5.41, 5.74) is -0.371. The van der Waals surface area contributed by atoms with Crippen LogP contribution in [-0.2, 0) is 9.84 Å².